The Morgan fingerprint density at radius 2 is 2.08 bits per heavy atom. The molecule has 0 unspecified atom stereocenters. The van der Waals surface area contributed by atoms with E-state index < -0.39 is 0 Å². The second kappa shape index (κ2) is 10.3. The molecule has 0 radical (unpaired) electrons. The fourth-order valence-corrected chi connectivity index (χ4v) is 3.20. The molecule has 0 heterocycles. The lowest BCUT2D eigenvalue weighted by Crippen LogP contribution is -2.41. The molecule has 1 aromatic carbocycles. The Morgan fingerprint density at radius 3 is 2.79 bits per heavy atom. The van der Waals surface area contributed by atoms with Gasteiger partial charge in [0.1, 0.15) is 12.4 Å². The maximum absolute atomic E-state index is 12.2. The number of nitrogens with zero attached hydrogens (tertiary/aromatic N) is 1. The van der Waals surface area contributed by atoms with E-state index in [1.165, 1.54) is 25.7 Å². The molecule has 1 aliphatic carbocycles. The molecule has 24 heavy (non-hydrogen) atoms. The predicted octanol–water partition coefficient (Wildman–Crippen LogP) is 2.59. The van der Waals surface area contributed by atoms with Crippen molar-refractivity contribution in [2.24, 2.45) is 0 Å². The minimum Gasteiger partial charge on any atom is -0.491 e. The minimum absolute atomic E-state index is 0.0921. The molecule has 0 spiro atoms. The van der Waals surface area contributed by atoms with Crippen molar-refractivity contribution in [3.05, 3.63) is 29.8 Å². The third-order valence-corrected chi connectivity index (χ3v) is 4.54. The summed E-state index contributed by atoms with van der Waals surface area (Å²) >= 11 is 0. The summed E-state index contributed by atoms with van der Waals surface area (Å²) < 4.78 is 10.6. The van der Waals surface area contributed by atoms with E-state index in [-0.39, 0.29) is 5.91 Å². The first-order chi connectivity index (χ1) is 11.7. The van der Waals surface area contributed by atoms with E-state index in [1.807, 2.05) is 24.3 Å². The van der Waals surface area contributed by atoms with Crippen molar-refractivity contribution in [2.75, 3.05) is 33.4 Å². The monoisotopic (exact) mass is 334 g/mol. The van der Waals surface area contributed by atoms with Gasteiger partial charge < -0.3 is 14.8 Å². The van der Waals surface area contributed by atoms with Gasteiger partial charge in [-0.25, -0.2) is 0 Å². The van der Waals surface area contributed by atoms with E-state index >= 15 is 0 Å². The summed E-state index contributed by atoms with van der Waals surface area (Å²) in [6.07, 6.45) is 5.03. The van der Waals surface area contributed by atoms with Gasteiger partial charge in [0.2, 0.25) is 5.91 Å². The molecule has 2 rings (SSSR count). The van der Waals surface area contributed by atoms with Crippen molar-refractivity contribution < 1.29 is 14.3 Å². The zero-order valence-corrected chi connectivity index (χ0v) is 14.9. The lowest BCUT2D eigenvalue weighted by Gasteiger charge is -2.26. The van der Waals surface area contributed by atoms with E-state index in [4.69, 9.17) is 9.47 Å². The van der Waals surface area contributed by atoms with Crippen LogP contribution in [-0.2, 0) is 16.1 Å². The van der Waals surface area contributed by atoms with Gasteiger partial charge >= 0.3 is 0 Å². The number of ether oxygens (including phenoxy) is 2. The van der Waals surface area contributed by atoms with Gasteiger partial charge in [-0.1, -0.05) is 31.9 Å². The molecular weight excluding hydrogens is 304 g/mol. The summed E-state index contributed by atoms with van der Waals surface area (Å²) in [5.41, 5.74) is 1.04. The van der Waals surface area contributed by atoms with Gasteiger partial charge in [-0.05, 0) is 37.1 Å². The minimum atomic E-state index is 0.0921. The van der Waals surface area contributed by atoms with E-state index in [9.17, 15) is 4.79 Å². The highest BCUT2D eigenvalue weighted by atomic mass is 16.5. The Labute approximate surface area is 145 Å². The van der Waals surface area contributed by atoms with Gasteiger partial charge in [0.05, 0.1) is 13.2 Å². The van der Waals surface area contributed by atoms with Crippen LogP contribution in [0.2, 0.25) is 0 Å². The number of hydrogen-bond donors (Lipinski definition) is 1. The number of nitrogens with one attached hydrogen (secondary N) is 1. The Hall–Kier alpha value is -1.59. The highest BCUT2D eigenvalue weighted by Crippen LogP contribution is 2.23. The van der Waals surface area contributed by atoms with Crippen LogP contribution in [0.15, 0.2) is 24.3 Å². The molecule has 5 nitrogen and oxygen atoms in total. The van der Waals surface area contributed by atoms with Crippen LogP contribution in [0.25, 0.3) is 0 Å². The highest BCUT2D eigenvalue weighted by Gasteiger charge is 2.22. The molecule has 1 saturated carbocycles. The van der Waals surface area contributed by atoms with E-state index in [0.717, 1.165) is 17.9 Å². The van der Waals surface area contributed by atoms with E-state index in [1.54, 1.807) is 7.11 Å². The van der Waals surface area contributed by atoms with Crippen LogP contribution in [0, 0.1) is 0 Å². The van der Waals surface area contributed by atoms with Crippen molar-refractivity contribution in [1.82, 2.24) is 10.2 Å². The molecule has 1 N–H and O–H groups in total. The SMILES string of the molecule is CCN(CC(=O)NCc1cccc(OCCOC)c1)C1CCCC1. The third-order valence-electron chi connectivity index (χ3n) is 4.54. The first-order valence-corrected chi connectivity index (χ1v) is 8.94. The van der Waals surface area contributed by atoms with Gasteiger partial charge in [0, 0.05) is 19.7 Å². The number of carbonyl (C=O) groups excluding carboxylic acids is 1. The highest BCUT2D eigenvalue weighted by molar-refractivity contribution is 5.78. The maximum atomic E-state index is 12.2. The average Bonchev–Trinajstić information content (AvgIpc) is 3.13. The molecule has 134 valence electrons. The smallest absolute Gasteiger partial charge is 0.234 e. The predicted molar refractivity (Wildman–Crippen MR) is 95.2 cm³/mol. The largest absolute Gasteiger partial charge is 0.491 e. The summed E-state index contributed by atoms with van der Waals surface area (Å²) in [4.78, 5) is 14.5. The number of carbonyl (C=O) groups is 1. The number of amides is 1. The van der Waals surface area contributed by atoms with Gasteiger partial charge in [0.15, 0.2) is 0 Å². The van der Waals surface area contributed by atoms with Gasteiger partial charge in [0.25, 0.3) is 0 Å². The van der Waals surface area contributed by atoms with Crippen LogP contribution < -0.4 is 10.1 Å². The van der Waals surface area contributed by atoms with Crippen LogP contribution >= 0.6 is 0 Å². The van der Waals surface area contributed by atoms with Crippen molar-refractivity contribution in [1.29, 1.82) is 0 Å². The molecule has 0 atom stereocenters. The maximum Gasteiger partial charge on any atom is 0.234 e. The first-order valence-electron chi connectivity index (χ1n) is 8.94. The van der Waals surface area contributed by atoms with Crippen molar-refractivity contribution >= 4 is 5.91 Å². The fraction of sp³-hybridized carbons (Fsp3) is 0.632. The second-order valence-corrected chi connectivity index (χ2v) is 6.27. The molecule has 1 amide bonds. The van der Waals surface area contributed by atoms with Crippen LogP contribution in [-0.4, -0.2) is 50.3 Å². The third kappa shape index (κ3) is 6.13. The number of methoxy groups -OCH3 is 1. The molecule has 0 aromatic heterocycles. The van der Waals surface area contributed by atoms with Crippen molar-refractivity contribution in [3.63, 3.8) is 0 Å². The topological polar surface area (TPSA) is 50.8 Å². The summed E-state index contributed by atoms with van der Waals surface area (Å²) in [6, 6.07) is 8.40. The molecule has 1 aromatic rings. The molecule has 1 aliphatic rings. The van der Waals surface area contributed by atoms with Crippen LogP contribution in [0.3, 0.4) is 0 Å². The average molecular weight is 334 g/mol. The Kier molecular flexibility index (Phi) is 8.05. The summed E-state index contributed by atoms with van der Waals surface area (Å²) in [5, 5.41) is 3.02. The van der Waals surface area contributed by atoms with Gasteiger partial charge in [-0.2, -0.15) is 0 Å². The second-order valence-electron chi connectivity index (χ2n) is 6.27. The lowest BCUT2D eigenvalue weighted by atomic mass is 10.2. The quantitative estimate of drug-likeness (QED) is 0.668. The zero-order chi connectivity index (χ0) is 17.2. The molecule has 1 fully saturated rings. The Bertz CT molecular complexity index is 501. The number of hydrogen-bond acceptors (Lipinski definition) is 4. The summed E-state index contributed by atoms with van der Waals surface area (Å²) in [5.74, 6) is 0.898. The van der Waals surface area contributed by atoms with Gasteiger partial charge in [-0.3, -0.25) is 9.69 Å². The van der Waals surface area contributed by atoms with Crippen LogP contribution in [0.5, 0.6) is 5.75 Å². The molecular formula is C19H30N2O3. The zero-order valence-electron chi connectivity index (χ0n) is 14.9. The summed E-state index contributed by atoms with van der Waals surface area (Å²) in [6.45, 7) is 5.18. The lowest BCUT2D eigenvalue weighted by molar-refractivity contribution is -0.122. The van der Waals surface area contributed by atoms with Crippen molar-refractivity contribution in [2.45, 2.75) is 45.2 Å². The summed E-state index contributed by atoms with van der Waals surface area (Å²) in [7, 11) is 1.65. The van der Waals surface area contributed by atoms with E-state index in [2.05, 4.69) is 17.1 Å². The van der Waals surface area contributed by atoms with Crippen LogP contribution in [0.1, 0.15) is 38.2 Å². The Morgan fingerprint density at radius 1 is 1.29 bits per heavy atom. The molecule has 5 heteroatoms. The van der Waals surface area contributed by atoms with Crippen molar-refractivity contribution in [3.8, 4) is 5.75 Å². The number of benzene rings is 1. The standard InChI is InChI=1S/C19H30N2O3/c1-3-21(17-8-4-5-9-17)15-19(22)20-14-16-7-6-10-18(13-16)24-12-11-23-2/h6-7,10,13,17H,3-5,8-9,11-12,14-15H2,1-2H3,(H,20,22). The number of rotatable bonds is 10. The molecule has 0 bridgehead atoms. The molecule has 0 saturated heterocycles. The normalized spacial score (nSPS) is 15.0. The first kappa shape index (κ1) is 18.7. The van der Waals surface area contributed by atoms with Crippen LogP contribution in [0.4, 0.5) is 0 Å². The van der Waals surface area contributed by atoms with Gasteiger partial charge in [-0.15, -0.1) is 0 Å². The number of likely N-dealkylation sites (N-methyl/N-ethyl adjacent to an activating group) is 1. The fourth-order valence-electron chi connectivity index (χ4n) is 3.20. The molecule has 0 aliphatic heterocycles. The Balaban J connectivity index is 1.77. The van der Waals surface area contributed by atoms with E-state index in [0.29, 0.717) is 32.3 Å².